The van der Waals surface area contributed by atoms with Gasteiger partial charge in [0, 0.05) is 15.6 Å². The molecule has 1 atom stereocenters. The Morgan fingerprint density at radius 2 is 1.88 bits per heavy atom. The normalized spacial score (nSPS) is 11.7. The molecule has 0 saturated carbocycles. The molecule has 0 N–H and O–H groups in total. The lowest BCUT2D eigenvalue weighted by Crippen LogP contribution is -2.16. The monoisotopic (exact) mass is 357 g/mol. The molecule has 2 aromatic carbocycles. The Bertz CT molecular complexity index is 930. The lowest BCUT2D eigenvalue weighted by molar-refractivity contribution is 0.0975. The van der Waals surface area contributed by atoms with Crippen molar-refractivity contribution < 1.29 is 4.79 Å². The van der Waals surface area contributed by atoms with E-state index in [1.165, 1.54) is 10.7 Å². The van der Waals surface area contributed by atoms with E-state index in [-0.39, 0.29) is 5.82 Å². The molecule has 1 aromatic heterocycles. The highest BCUT2D eigenvalue weighted by Gasteiger charge is 2.28. The summed E-state index contributed by atoms with van der Waals surface area (Å²) in [5, 5.41) is 21.7. The van der Waals surface area contributed by atoms with Gasteiger partial charge in [0.15, 0.2) is 17.5 Å². The van der Waals surface area contributed by atoms with Crippen LogP contribution in [0.3, 0.4) is 0 Å². The molecule has 24 heavy (non-hydrogen) atoms. The van der Waals surface area contributed by atoms with Gasteiger partial charge in [-0.1, -0.05) is 35.3 Å². The van der Waals surface area contributed by atoms with E-state index >= 15 is 0 Å². The maximum atomic E-state index is 12.7. The average Bonchev–Trinajstić information content (AvgIpc) is 3.05. The van der Waals surface area contributed by atoms with Crippen molar-refractivity contribution in [2.24, 2.45) is 0 Å². The Morgan fingerprint density at radius 1 is 1.12 bits per heavy atom. The zero-order valence-corrected chi connectivity index (χ0v) is 13.6. The minimum absolute atomic E-state index is 0.129. The molecule has 3 aromatic rings. The molecular weight excluding hydrogens is 349 g/mol. The van der Waals surface area contributed by atoms with Crippen LogP contribution in [-0.4, -0.2) is 26.0 Å². The third-order valence-corrected chi connectivity index (χ3v) is 3.81. The van der Waals surface area contributed by atoms with Crippen molar-refractivity contribution in [1.82, 2.24) is 20.2 Å². The van der Waals surface area contributed by atoms with Crippen LogP contribution < -0.4 is 0 Å². The number of tetrazole rings is 1. The van der Waals surface area contributed by atoms with Gasteiger partial charge in [0.05, 0.1) is 11.8 Å². The van der Waals surface area contributed by atoms with Crippen LogP contribution in [-0.2, 0) is 0 Å². The standard InChI is InChI=1S/C16H9Cl2N5O/c17-11-4-6-13(7-5-11)23-16(20-21-22-23)14(9-19)15(24)10-2-1-3-12(18)8-10/h1-8,14H/t14-/m0/s1. The van der Waals surface area contributed by atoms with Crippen molar-refractivity contribution in [1.29, 1.82) is 5.26 Å². The molecule has 8 heteroatoms. The molecule has 0 bridgehead atoms. The molecule has 0 amide bonds. The zero-order chi connectivity index (χ0) is 17.1. The van der Waals surface area contributed by atoms with Crippen molar-refractivity contribution in [2.45, 2.75) is 5.92 Å². The second kappa shape index (κ2) is 6.79. The van der Waals surface area contributed by atoms with Gasteiger partial charge in [0.2, 0.25) is 0 Å². The SMILES string of the molecule is N#C[C@@H](C(=O)c1cccc(Cl)c1)c1nnnn1-c1ccc(Cl)cc1. The van der Waals surface area contributed by atoms with Gasteiger partial charge in [-0.15, -0.1) is 5.10 Å². The van der Waals surface area contributed by atoms with E-state index in [1.807, 2.05) is 6.07 Å². The van der Waals surface area contributed by atoms with Crippen LogP contribution in [0.1, 0.15) is 22.1 Å². The number of hydrogen-bond donors (Lipinski definition) is 0. The highest BCUT2D eigenvalue weighted by molar-refractivity contribution is 6.31. The van der Waals surface area contributed by atoms with Crippen LogP contribution in [0.25, 0.3) is 5.69 Å². The number of carbonyl (C=O) groups excluding carboxylic acids is 1. The number of ketones is 1. The summed E-state index contributed by atoms with van der Waals surface area (Å²) in [7, 11) is 0. The molecule has 3 rings (SSSR count). The Morgan fingerprint density at radius 3 is 2.54 bits per heavy atom. The molecule has 0 radical (unpaired) electrons. The topological polar surface area (TPSA) is 84.5 Å². The summed E-state index contributed by atoms with van der Waals surface area (Å²) in [6.45, 7) is 0. The summed E-state index contributed by atoms with van der Waals surface area (Å²) < 4.78 is 1.34. The van der Waals surface area contributed by atoms with Crippen LogP contribution in [0.15, 0.2) is 48.5 Å². The highest BCUT2D eigenvalue weighted by atomic mass is 35.5. The van der Waals surface area contributed by atoms with Gasteiger partial charge in [-0.05, 0) is 46.8 Å². The van der Waals surface area contributed by atoms with Gasteiger partial charge < -0.3 is 0 Å². The van der Waals surface area contributed by atoms with Crippen molar-refractivity contribution in [3.63, 3.8) is 0 Å². The van der Waals surface area contributed by atoms with E-state index in [2.05, 4.69) is 15.5 Å². The second-order valence-electron chi connectivity index (χ2n) is 4.86. The summed E-state index contributed by atoms with van der Waals surface area (Å²) in [5.41, 5.74) is 0.915. The van der Waals surface area contributed by atoms with E-state index in [0.717, 1.165) is 0 Å². The fraction of sp³-hybridized carbons (Fsp3) is 0.0625. The number of nitriles is 1. The fourth-order valence-corrected chi connectivity index (χ4v) is 2.50. The first kappa shape index (κ1) is 16.1. The number of benzene rings is 2. The quantitative estimate of drug-likeness (QED) is 0.667. The maximum absolute atomic E-state index is 12.7. The van der Waals surface area contributed by atoms with E-state index < -0.39 is 11.7 Å². The molecule has 118 valence electrons. The summed E-state index contributed by atoms with van der Waals surface area (Å²) in [6.07, 6.45) is 0. The Balaban J connectivity index is 2.01. The first-order chi connectivity index (χ1) is 11.6. The van der Waals surface area contributed by atoms with Crippen molar-refractivity contribution >= 4 is 29.0 Å². The molecule has 0 spiro atoms. The summed E-state index contributed by atoms with van der Waals surface area (Å²) in [6, 6.07) is 15.1. The minimum Gasteiger partial charge on any atom is -0.292 e. The lowest BCUT2D eigenvalue weighted by atomic mass is 9.98. The van der Waals surface area contributed by atoms with Crippen LogP contribution in [0.2, 0.25) is 10.0 Å². The van der Waals surface area contributed by atoms with E-state index in [9.17, 15) is 10.1 Å². The lowest BCUT2D eigenvalue weighted by Gasteiger charge is -2.09. The molecule has 6 nitrogen and oxygen atoms in total. The first-order valence-electron chi connectivity index (χ1n) is 6.84. The molecule has 0 fully saturated rings. The van der Waals surface area contributed by atoms with Gasteiger partial charge in [-0.3, -0.25) is 4.79 Å². The summed E-state index contributed by atoms with van der Waals surface area (Å²) in [4.78, 5) is 12.7. The number of nitrogens with zero attached hydrogens (tertiary/aromatic N) is 5. The zero-order valence-electron chi connectivity index (χ0n) is 12.1. The van der Waals surface area contributed by atoms with Crippen LogP contribution in [0.5, 0.6) is 0 Å². The summed E-state index contributed by atoms with van der Waals surface area (Å²) in [5.74, 6) is -1.45. The molecule has 0 aliphatic carbocycles. The van der Waals surface area contributed by atoms with Crippen molar-refractivity contribution in [3.05, 3.63) is 70.0 Å². The molecular formula is C16H9Cl2N5O. The molecule has 0 aliphatic heterocycles. The molecule has 0 aliphatic rings. The number of Topliss-reactive ketones (excluding diaryl/α,β-unsaturated/α-hetero) is 1. The number of aromatic nitrogens is 4. The Kier molecular flexibility index (Phi) is 4.56. The third kappa shape index (κ3) is 3.13. The fourth-order valence-electron chi connectivity index (χ4n) is 2.18. The molecule has 0 unspecified atom stereocenters. The van der Waals surface area contributed by atoms with Crippen LogP contribution >= 0.6 is 23.2 Å². The second-order valence-corrected chi connectivity index (χ2v) is 5.73. The predicted octanol–water partition coefficient (Wildman–Crippen LogP) is 3.46. The van der Waals surface area contributed by atoms with Crippen molar-refractivity contribution in [3.8, 4) is 11.8 Å². The molecule has 0 saturated heterocycles. The minimum atomic E-state index is -1.16. The predicted molar refractivity (Wildman–Crippen MR) is 88.3 cm³/mol. The highest BCUT2D eigenvalue weighted by Crippen LogP contribution is 2.23. The van der Waals surface area contributed by atoms with Crippen LogP contribution in [0.4, 0.5) is 0 Å². The maximum Gasteiger partial charge on any atom is 0.187 e. The van der Waals surface area contributed by atoms with Crippen molar-refractivity contribution in [2.75, 3.05) is 0 Å². The van der Waals surface area contributed by atoms with E-state index in [1.54, 1.807) is 42.5 Å². The largest absolute Gasteiger partial charge is 0.292 e. The van der Waals surface area contributed by atoms with E-state index in [4.69, 9.17) is 23.2 Å². The third-order valence-electron chi connectivity index (χ3n) is 3.32. The van der Waals surface area contributed by atoms with Gasteiger partial charge in [-0.2, -0.15) is 9.94 Å². The number of halogens is 2. The smallest absolute Gasteiger partial charge is 0.187 e. The van der Waals surface area contributed by atoms with Gasteiger partial charge in [0.1, 0.15) is 0 Å². The van der Waals surface area contributed by atoms with Crippen LogP contribution in [0, 0.1) is 11.3 Å². The van der Waals surface area contributed by atoms with Gasteiger partial charge >= 0.3 is 0 Å². The Hall–Kier alpha value is -2.75. The number of hydrogen-bond acceptors (Lipinski definition) is 5. The van der Waals surface area contributed by atoms with E-state index in [0.29, 0.717) is 21.3 Å². The summed E-state index contributed by atoms with van der Waals surface area (Å²) >= 11 is 11.8. The average molecular weight is 358 g/mol. The van der Waals surface area contributed by atoms with Gasteiger partial charge in [-0.25, -0.2) is 0 Å². The molecule has 1 heterocycles. The number of carbonyl (C=O) groups is 1. The first-order valence-corrected chi connectivity index (χ1v) is 7.59. The van der Waals surface area contributed by atoms with Gasteiger partial charge in [0.25, 0.3) is 0 Å². The Labute approximate surface area is 147 Å². The number of rotatable bonds is 4.